The topological polar surface area (TPSA) is 49.5 Å². The number of para-hydroxylation sites is 1. The molecule has 0 saturated carbocycles. The van der Waals surface area contributed by atoms with Crippen LogP contribution in [0.15, 0.2) is 24.3 Å². The van der Waals surface area contributed by atoms with Crippen molar-refractivity contribution in [2.45, 2.75) is 18.9 Å². The van der Waals surface area contributed by atoms with Gasteiger partial charge in [0.05, 0.1) is 6.10 Å². The molecule has 4 heteroatoms. The quantitative estimate of drug-likeness (QED) is 0.760. The van der Waals surface area contributed by atoms with Crippen molar-refractivity contribution in [3.05, 3.63) is 29.8 Å². The Morgan fingerprint density at radius 2 is 2.19 bits per heavy atom. The van der Waals surface area contributed by atoms with Crippen LogP contribution < -0.4 is 10.6 Å². The van der Waals surface area contributed by atoms with E-state index in [1.165, 1.54) is 0 Å². The Labute approximate surface area is 101 Å². The molecule has 1 saturated heterocycles. The summed E-state index contributed by atoms with van der Waals surface area (Å²) in [5.41, 5.74) is 7.63. The lowest BCUT2D eigenvalue weighted by Gasteiger charge is -2.33. The molecule has 1 aliphatic rings. The van der Waals surface area contributed by atoms with Gasteiger partial charge in [0.1, 0.15) is 4.99 Å². The molecule has 0 spiro atoms. The average Bonchev–Trinajstić information content (AvgIpc) is 2.29. The smallest absolute Gasteiger partial charge is 0.106 e. The first-order valence-corrected chi connectivity index (χ1v) is 5.91. The molecule has 1 aromatic rings. The predicted octanol–water partition coefficient (Wildman–Crippen LogP) is 1.28. The zero-order valence-electron chi connectivity index (χ0n) is 9.10. The van der Waals surface area contributed by atoms with Crippen molar-refractivity contribution in [2.75, 3.05) is 18.0 Å². The summed E-state index contributed by atoms with van der Waals surface area (Å²) in [6.45, 7) is 1.62. The molecule has 0 aromatic heterocycles. The van der Waals surface area contributed by atoms with Crippen molar-refractivity contribution in [3.8, 4) is 0 Å². The van der Waals surface area contributed by atoms with Crippen LogP contribution in [0.2, 0.25) is 0 Å². The third-order valence-electron chi connectivity index (χ3n) is 2.91. The third-order valence-corrected chi connectivity index (χ3v) is 3.13. The summed E-state index contributed by atoms with van der Waals surface area (Å²) in [6, 6.07) is 7.83. The number of piperidine rings is 1. The fourth-order valence-corrected chi connectivity index (χ4v) is 2.30. The van der Waals surface area contributed by atoms with Crippen LogP contribution >= 0.6 is 12.2 Å². The Morgan fingerprint density at radius 3 is 2.88 bits per heavy atom. The summed E-state index contributed by atoms with van der Waals surface area (Å²) in [5.74, 6) is 0. The van der Waals surface area contributed by atoms with Crippen molar-refractivity contribution < 1.29 is 5.11 Å². The van der Waals surface area contributed by atoms with Crippen LogP contribution in [0.25, 0.3) is 0 Å². The lowest BCUT2D eigenvalue weighted by Crippen LogP contribution is -2.39. The molecule has 1 fully saturated rings. The number of rotatable bonds is 2. The third kappa shape index (κ3) is 2.33. The van der Waals surface area contributed by atoms with Gasteiger partial charge in [-0.15, -0.1) is 0 Å². The maximum absolute atomic E-state index is 9.66. The van der Waals surface area contributed by atoms with Crippen LogP contribution in [0.5, 0.6) is 0 Å². The van der Waals surface area contributed by atoms with Crippen molar-refractivity contribution >= 4 is 22.9 Å². The van der Waals surface area contributed by atoms with Gasteiger partial charge in [-0.05, 0) is 25.0 Å². The van der Waals surface area contributed by atoms with E-state index in [4.69, 9.17) is 18.0 Å². The fourth-order valence-electron chi connectivity index (χ4n) is 2.13. The number of hydrogen-bond donors (Lipinski definition) is 2. The number of anilines is 1. The van der Waals surface area contributed by atoms with E-state index >= 15 is 0 Å². The van der Waals surface area contributed by atoms with E-state index in [2.05, 4.69) is 4.90 Å². The summed E-state index contributed by atoms with van der Waals surface area (Å²) < 4.78 is 0. The van der Waals surface area contributed by atoms with Gasteiger partial charge in [0.15, 0.2) is 0 Å². The van der Waals surface area contributed by atoms with E-state index in [9.17, 15) is 5.11 Å². The number of thiocarbonyl (C=S) groups is 1. The van der Waals surface area contributed by atoms with E-state index in [1.807, 2.05) is 24.3 Å². The molecule has 2 rings (SSSR count). The van der Waals surface area contributed by atoms with E-state index in [1.54, 1.807) is 0 Å². The highest BCUT2D eigenvalue weighted by molar-refractivity contribution is 7.80. The van der Waals surface area contributed by atoms with Crippen LogP contribution in [-0.2, 0) is 0 Å². The Kier molecular flexibility index (Phi) is 3.41. The summed E-state index contributed by atoms with van der Waals surface area (Å²) in [4.78, 5) is 2.57. The number of benzene rings is 1. The van der Waals surface area contributed by atoms with E-state index in [0.717, 1.165) is 30.6 Å². The monoisotopic (exact) mass is 236 g/mol. The highest BCUT2D eigenvalue weighted by Gasteiger charge is 2.20. The molecule has 0 aliphatic carbocycles. The number of β-amino-alcohol motifs (C(OH)–C–C–N with tert-alkyl or cyclic N) is 1. The zero-order valence-corrected chi connectivity index (χ0v) is 9.91. The van der Waals surface area contributed by atoms with Crippen molar-refractivity contribution in [1.29, 1.82) is 0 Å². The van der Waals surface area contributed by atoms with Crippen molar-refractivity contribution in [3.63, 3.8) is 0 Å². The number of aliphatic hydroxyl groups is 1. The van der Waals surface area contributed by atoms with Crippen LogP contribution in [0.1, 0.15) is 18.4 Å². The van der Waals surface area contributed by atoms with Gasteiger partial charge >= 0.3 is 0 Å². The number of nitrogens with two attached hydrogens (primary N) is 1. The maximum atomic E-state index is 9.66. The van der Waals surface area contributed by atoms with Crippen LogP contribution in [0, 0.1) is 0 Å². The molecular weight excluding hydrogens is 220 g/mol. The van der Waals surface area contributed by atoms with Crippen LogP contribution in [0.4, 0.5) is 5.69 Å². The minimum Gasteiger partial charge on any atom is -0.391 e. The normalized spacial score (nSPS) is 20.8. The average molecular weight is 236 g/mol. The Balaban J connectivity index is 2.28. The molecule has 0 amide bonds. The molecule has 16 heavy (non-hydrogen) atoms. The summed E-state index contributed by atoms with van der Waals surface area (Å²) >= 11 is 5.04. The minimum atomic E-state index is -0.242. The van der Waals surface area contributed by atoms with Gasteiger partial charge in [-0.25, -0.2) is 0 Å². The molecule has 1 unspecified atom stereocenters. The molecule has 1 aromatic carbocycles. The van der Waals surface area contributed by atoms with E-state index in [-0.39, 0.29) is 6.10 Å². The fraction of sp³-hybridized carbons (Fsp3) is 0.417. The van der Waals surface area contributed by atoms with Gasteiger partial charge in [0.25, 0.3) is 0 Å². The Hall–Kier alpha value is -1.13. The first-order chi connectivity index (χ1) is 7.68. The van der Waals surface area contributed by atoms with E-state index < -0.39 is 0 Å². The van der Waals surface area contributed by atoms with E-state index in [0.29, 0.717) is 11.5 Å². The lowest BCUT2D eigenvalue weighted by molar-refractivity contribution is 0.154. The number of nitrogens with zero attached hydrogens (tertiary/aromatic N) is 1. The highest BCUT2D eigenvalue weighted by Crippen LogP contribution is 2.24. The summed E-state index contributed by atoms with van der Waals surface area (Å²) in [7, 11) is 0. The van der Waals surface area contributed by atoms with Gasteiger partial charge in [-0.2, -0.15) is 0 Å². The Morgan fingerprint density at radius 1 is 1.44 bits per heavy atom. The van der Waals surface area contributed by atoms with Crippen LogP contribution in [0.3, 0.4) is 0 Å². The highest BCUT2D eigenvalue weighted by atomic mass is 32.1. The second-order valence-electron chi connectivity index (χ2n) is 4.12. The zero-order chi connectivity index (χ0) is 11.5. The molecule has 0 bridgehead atoms. The second kappa shape index (κ2) is 4.80. The summed E-state index contributed by atoms with van der Waals surface area (Å²) in [5, 5.41) is 9.66. The van der Waals surface area contributed by atoms with Gasteiger partial charge in [0.2, 0.25) is 0 Å². The van der Waals surface area contributed by atoms with Crippen LogP contribution in [-0.4, -0.2) is 29.3 Å². The van der Waals surface area contributed by atoms with Gasteiger partial charge in [-0.1, -0.05) is 24.4 Å². The molecule has 0 radical (unpaired) electrons. The SMILES string of the molecule is NC(=S)c1ccccc1N1CCCC(O)C1. The number of hydrogen-bond acceptors (Lipinski definition) is 3. The van der Waals surface area contributed by atoms with Gasteiger partial charge in [0, 0.05) is 24.3 Å². The summed E-state index contributed by atoms with van der Waals surface area (Å²) in [6.07, 6.45) is 1.65. The molecule has 1 heterocycles. The van der Waals surface area contributed by atoms with Gasteiger partial charge < -0.3 is 15.7 Å². The molecule has 3 N–H and O–H groups in total. The minimum absolute atomic E-state index is 0.242. The number of aliphatic hydroxyl groups excluding tert-OH is 1. The Bertz CT molecular complexity index is 394. The molecule has 86 valence electrons. The molecular formula is C12H16N2OS. The van der Waals surface area contributed by atoms with Gasteiger partial charge in [-0.3, -0.25) is 0 Å². The predicted molar refractivity (Wildman–Crippen MR) is 69.8 cm³/mol. The molecule has 1 aliphatic heterocycles. The largest absolute Gasteiger partial charge is 0.391 e. The van der Waals surface area contributed by atoms with Crippen molar-refractivity contribution in [2.24, 2.45) is 5.73 Å². The lowest BCUT2D eigenvalue weighted by atomic mass is 10.1. The standard InChI is InChI=1S/C12H16N2OS/c13-12(16)10-5-1-2-6-11(10)14-7-3-4-9(15)8-14/h1-2,5-6,9,15H,3-4,7-8H2,(H2,13,16). The first kappa shape index (κ1) is 11.4. The molecule has 1 atom stereocenters. The second-order valence-corrected chi connectivity index (χ2v) is 4.56. The molecule has 3 nitrogen and oxygen atoms in total. The van der Waals surface area contributed by atoms with Crippen molar-refractivity contribution in [1.82, 2.24) is 0 Å². The first-order valence-electron chi connectivity index (χ1n) is 5.50. The maximum Gasteiger partial charge on any atom is 0.106 e.